The van der Waals surface area contributed by atoms with Crippen LogP contribution in [0.25, 0.3) is 10.9 Å². The van der Waals surface area contributed by atoms with E-state index in [4.69, 9.17) is 0 Å². The molecule has 0 saturated heterocycles. The summed E-state index contributed by atoms with van der Waals surface area (Å²) < 4.78 is 1.76. The molecule has 3 aromatic rings. The Morgan fingerprint density at radius 1 is 1.47 bits per heavy atom. The van der Waals surface area contributed by atoms with Crippen molar-refractivity contribution in [3.05, 3.63) is 46.5 Å². The zero-order valence-electron chi connectivity index (χ0n) is 10.3. The Labute approximate surface area is 113 Å². The first-order valence-electron chi connectivity index (χ1n) is 5.82. The highest BCUT2D eigenvalue weighted by molar-refractivity contribution is 7.09. The number of hydrogen-bond donors (Lipinski definition) is 1. The highest BCUT2D eigenvalue weighted by atomic mass is 32.1. The van der Waals surface area contributed by atoms with Gasteiger partial charge in [-0.25, -0.2) is 4.98 Å². The standard InChI is InChI=1S/C13H12N4OS/c1-17-11-6-9(2-3-10(11)7-16-17)13(18)15-8-12-14-4-5-19-12/h2-7H,8H2,1H3,(H,15,18). The fourth-order valence-electron chi connectivity index (χ4n) is 1.88. The van der Waals surface area contributed by atoms with Crippen LogP contribution in [0.4, 0.5) is 0 Å². The molecule has 0 aliphatic heterocycles. The van der Waals surface area contributed by atoms with Gasteiger partial charge in [0.05, 0.1) is 18.3 Å². The lowest BCUT2D eigenvalue weighted by Crippen LogP contribution is -2.22. The molecular weight excluding hydrogens is 260 g/mol. The van der Waals surface area contributed by atoms with E-state index in [0.717, 1.165) is 15.9 Å². The minimum Gasteiger partial charge on any atom is -0.346 e. The molecule has 0 atom stereocenters. The number of thiazole rings is 1. The van der Waals surface area contributed by atoms with Crippen LogP contribution in [-0.2, 0) is 13.6 Å². The van der Waals surface area contributed by atoms with Crippen LogP contribution >= 0.6 is 11.3 Å². The maximum atomic E-state index is 12.1. The summed E-state index contributed by atoms with van der Waals surface area (Å²) in [5.74, 6) is -0.0988. The Hall–Kier alpha value is -2.21. The number of benzene rings is 1. The van der Waals surface area contributed by atoms with Gasteiger partial charge in [-0.1, -0.05) is 6.07 Å². The van der Waals surface area contributed by atoms with Crippen molar-refractivity contribution < 1.29 is 4.79 Å². The summed E-state index contributed by atoms with van der Waals surface area (Å²) in [6.07, 6.45) is 3.51. The molecule has 0 bridgehead atoms. The van der Waals surface area contributed by atoms with Crippen molar-refractivity contribution in [3.8, 4) is 0 Å². The predicted octanol–water partition coefficient (Wildman–Crippen LogP) is 1.96. The summed E-state index contributed by atoms with van der Waals surface area (Å²) >= 11 is 1.53. The normalized spacial score (nSPS) is 10.8. The number of nitrogens with one attached hydrogen (secondary N) is 1. The highest BCUT2D eigenvalue weighted by Gasteiger charge is 2.08. The second kappa shape index (κ2) is 4.81. The molecule has 5 nitrogen and oxygen atoms in total. The average Bonchev–Trinajstić information content (AvgIpc) is 3.06. The molecule has 0 spiro atoms. The van der Waals surface area contributed by atoms with Gasteiger partial charge in [0.1, 0.15) is 5.01 Å². The first-order valence-corrected chi connectivity index (χ1v) is 6.70. The predicted molar refractivity (Wildman–Crippen MR) is 74.0 cm³/mol. The zero-order valence-corrected chi connectivity index (χ0v) is 11.1. The number of nitrogens with zero attached hydrogens (tertiary/aromatic N) is 3. The van der Waals surface area contributed by atoms with Gasteiger partial charge in [-0.3, -0.25) is 9.48 Å². The third kappa shape index (κ3) is 2.34. The smallest absolute Gasteiger partial charge is 0.251 e. The van der Waals surface area contributed by atoms with Crippen LogP contribution in [0.15, 0.2) is 36.0 Å². The zero-order chi connectivity index (χ0) is 13.2. The van der Waals surface area contributed by atoms with Gasteiger partial charge >= 0.3 is 0 Å². The average molecular weight is 272 g/mol. The molecule has 0 saturated carbocycles. The van der Waals surface area contributed by atoms with Crippen molar-refractivity contribution in [1.29, 1.82) is 0 Å². The molecule has 0 fully saturated rings. The second-order valence-corrected chi connectivity index (χ2v) is 5.13. The largest absolute Gasteiger partial charge is 0.346 e. The molecule has 2 heterocycles. The summed E-state index contributed by atoms with van der Waals surface area (Å²) in [6, 6.07) is 5.56. The van der Waals surface area contributed by atoms with Crippen molar-refractivity contribution in [2.45, 2.75) is 6.54 Å². The van der Waals surface area contributed by atoms with Crippen molar-refractivity contribution in [2.24, 2.45) is 7.05 Å². The Morgan fingerprint density at radius 3 is 3.16 bits per heavy atom. The Kier molecular flexibility index (Phi) is 3.00. The molecule has 1 aromatic carbocycles. The molecule has 1 amide bonds. The number of aromatic nitrogens is 3. The van der Waals surface area contributed by atoms with E-state index in [0.29, 0.717) is 12.1 Å². The summed E-state index contributed by atoms with van der Waals surface area (Å²) in [5.41, 5.74) is 1.58. The minimum absolute atomic E-state index is 0.0988. The third-order valence-electron chi connectivity index (χ3n) is 2.89. The van der Waals surface area contributed by atoms with Crippen LogP contribution in [0.2, 0.25) is 0 Å². The van der Waals surface area contributed by atoms with Gasteiger partial charge in [0.15, 0.2) is 0 Å². The van der Waals surface area contributed by atoms with Crippen LogP contribution in [0, 0.1) is 0 Å². The van der Waals surface area contributed by atoms with Crippen molar-refractivity contribution >= 4 is 28.1 Å². The molecule has 2 aromatic heterocycles. The first kappa shape index (κ1) is 11.9. The summed E-state index contributed by atoms with van der Waals surface area (Å²) in [6.45, 7) is 0.458. The number of fused-ring (bicyclic) bond motifs is 1. The van der Waals surface area contributed by atoms with E-state index in [-0.39, 0.29) is 5.91 Å². The van der Waals surface area contributed by atoms with Crippen LogP contribution in [-0.4, -0.2) is 20.7 Å². The Bertz CT molecular complexity index is 717. The van der Waals surface area contributed by atoms with Gasteiger partial charge in [0.2, 0.25) is 0 Å². The SMILES string of the molecule is Cn1ncc2ccc(C(=O)NCc3nccs3)cc21. The van der Waals surface area contributed by atoms with E-state index in [9.17, 15) is 4.79 Å². The number of aryl methyl sites for hydroxylation is 1. The lowest BCUT2D eigenvalue weighted by atomic mass is 10.1. The van der Waals surface area contributed by atoms with Crippen LogP contribution in [0.5, 0.6) is 0 Å². The molecule has 1 N–H and O–H groups in total. The second-order valence-electron chi connectivity index (χ2n) is 4.15. The summed E-state index contributed by atoms with van der Waals surface area (Å²) in [5, 5.41) is 10.8. The number of carbonyl (C=O) groups excluding carboxylic acids is 1. The van der Waals surface area contributed by atoms with Crippen molar-refractivity contribution in [2.75, 3.05) is 0 Å². The highest BCUT2D eigenvalue weighted by Crippen LogP contribution is 2.15. The molecule has 6 heteroatoms. The molecule has 0 radical (unpaired) electrons. The number of amides is 1. The van der Waals surface area contributed by atoms with E-state index in [2.05, 4.69) is 15.4 Å². The van der Waals surface area contributed by atoms with E-state index < -0.39 is 0 Å². The lowest BCUT2D eigenvalue weighted by Gasteiger charge is -2.04. The quantitative estimate of drug-likeness (QED) is 0.793. The van der Waals surface area contributed by atoms with Crippen LogP contribution < -0.4 is 5.32 Å². The van der Waals surface area contributed by atoms with Crippen molar-refractivity contribution in [1.82, 2.24) is 20.1 Å². The van der Waals surface area contributed by atoms with Gasteiger partial charge in [-0.2, -0.15) is 5.10 Å². The molecule has 3 rings (SSSR count). The van der Waals surface area contributed by atoms with Crippen molar-refractivity contribution in [3.63, 3.8) is 0 Å². The van der Waals surface area contributed by atoms with E-state index in [1.807, 2.05) is 24.6 Å². The monoisotopic (exact) mass is 272 g/mol. The fraction of sp³-hybridized carbons (Fsp3) is 0.154. The molecule has 0 aliphatic carbocycles. The van der Waals surface area contributed by atoms with Gasteiger partial charge in [0.25, 0.3) is 5.91 Å². The maximum absolute atomic E-state index is 12.1. The maximum Gasteiger partial charge on any atom is 0.251 e. The number of rotatable bonds is 3. The third-order valence-corrected chi connectivity index (χ3v) is 3.67. The van der Waals surface area contributed by atoms with Gasteiger partial charge in [0, 0.05) is 29.6 Å². The van der Waals surface area contributed by atoms with E-state index >= 15 is 0 Å². The topological polar surface area (TPSA) is 59.8 Å². The van der Waals surface area contributed by atoms with E-state index in [1.54, 1.807) is 23.1 Å². The first-order chi connectivity index (χ1) is 9.24. The lowest BCUT2D eigenvalue weighted by molar-refractivity contribution is 0.0951. The summed E-state index contributed by atoms with van der Waals surface area (Å²) in [4.78, 5) is 16.2. The number of hydrogen-bond acceptors (Lipinski definition) is 4. The Balaban J connectivity index is 1.79. The molecule has 0 unspecified atom stereocenters. The molecule has 19 heavy (non-hydrogen) atoms. The van der Waals surface area contributed by atoms with Gasteiger partial charge in [-0.05, 0) is 12.1 Å². The Morgan fingerprint density at radius 2 is 2.37 bits per heavy atom. The van der Waals surface area contributed by atoms with E-state index in [1.165, 1.54) is 11.3 Å². The molecule has 96 valence electrons. The molecule has 0 aliphatic rings. The van der Waals surface area contributed by atoms with Gasteiger partial charge < -0.3 is 5.32 Å². The molecular formula is C13H12N4OS. The summed E-state index contributed by atoms with van der Waals surface area (Å²) in [7, 11) is 1.86. The number of carbonyl (C=O) groups is 1. The van der Waals surface area contributed by atoms with Gasteiger partial charge in [-0.15, -0.1) is 11.3 Å². The van der Waals surface area contributed by atoms with Crippen LogP contribution in [0.3, 0.4) is 0 Å². The minimum atomic E-state index is -0.0988. The van der Waals surface area contributed by atoms with Crippen LogP contribution in [0.1, 0.15) is 15.4 Å². The fourth-order valence-corrected chi connectivity index (χ4v) is 2.44.